The quantitative estimate of drug-likeness (QED) is 0.0321. The van der Waals surface area contributed by atoms with E-state index in [2.05, 4.69) is 43.5 Å². The first kappa shape index (κ1) is 61.3. The largest absolute Gasteiger partial charge is 0.466 e. The molecule has 0 aliphatic heterocycles. The molecule has 0 aliphatic rings. The Morgan fingerprint density at radius 3 is 1.24 bits per heavy atom. The zero-order chi connectivity index (χ0) is 45.8. The second-order valence-electron chi connectivity index (χ2n) is 19.3. The molecule has 0 saturated heterocycles. The van der Waals surface area contributed by atoms with Gasteiger partial charge in [0.25, 0.3) is 0 Å². The highest BCUT2D eigenvalue weighted by Crippen LogP contribution is 2.17. The summed E-state index contributed by atoms with van der Waals surface area (Å²) in [5.41, 5.74) is 0. The number of aliphatic hydroxyl groups is 2. The van der Waals surface area contributed by atoms with Crippen molar-refractivity contribution in [2.45, 2.75) is 315 Å². The summed E-state index contributed by atoms with van der Waals surface area (Å²) in [6.45, 7) is 4.91. The van der Waals surface area contributed by atoms with Gasteiger partial charge in [-0.05, 0) is 57.8 Å². The van der Waals surface area contributed by atoms with Gasteiger partial charge in [-0.3, -0.25) is 9.59 Å². The summed E-state index contributed by atoms with van der Waals surface area (Å²) in [6, 6.07) is -0.552. The number of hydrogen-bond acceptors (Lipinski definition) is 5. The van der Waals surface area contributed by atoms with Gasteiger partial charge in [0.2, 0.25) is 5.91 Å². The van der Waals surface area contributed by atoms with Gasteiger partial charge in [-0.15, -0.1) is 0 Å². The van der Waals surface area contributed by atoms with Gasteiger partial charge in [-0.25, -0.2) is 0 Å². The van der Waals surface area contributed by atoms with E-state index in [1.807, 2.05) is 0 Å². The van der Waals surface area contributed by atoms with Gasteiger partial charge >= 0.3 is 5.97 Å². The molecule has 6 heteroatoms. The van der Waals surface area contributed by atoms with E-state index < -0.39 is 12.1 Å². The molecule has 0 bridgehead atoms. The van der Waals surface area contributed by atoms with Crippen LogP contribution in [-0.4, -0.2) is 47.4 Å². The number of carbonyl (C=O) groups is 2. The van der Waals surface area contributed by atoms with Gasteiger partial charge in [-0.2, -0.15) is 0 Å². The molecule has 0 aromatic carbocycles. The molecule has 2 unspecified atom stereocenters. The van der Waals surface area contributed by atoms with Gasteiger partial charge in [-0.1, -0.05) is 256 Å². The van der Waals surface area contributed by atoms with Gasteiger partial charge < -0.3 is 20.3 Å². The Morgan fingerprint density at radius 1 is 0.444 bits per heavy atom. The molecule has 0 saturated carbocycles. The van der Waals surface area contributed by atoms with Crippen molar-refractivity contribution in [1.82, 2.24) is 5.32 Å². The van der Waals surface area contributed by atoms with Crippen molar-refractivity contribution < 1.29 is 24.5 Å². The molecule has 0 rings (SSSR count). The van der Waals surface area contributed by atoms with E-state index in [0.29, 0.717) is 25.9 Å². The Kier molecular flexibility index (Phi) is 51.6. The van der Waals surface area contributed by atoms with Crippen molar-refractivity contribution in [3.63, 3.8) is 0 Å². The first-order valence-electron chi connectivity index (χ1n) is 28.1. The minimum Gasteiger partial charge on any atom is -0.466 e. The number of aliphatic hydroxyl groups excluding tert-OH is 2. The van der Waals surface area contributed by atoms with E-state index >= 15 is 0 Å². The van der Waals surface area contributed by atoms with E-state index in [4.69, 9.17) is 4.74 Å². The van der Waals surface area contributed by atoms with Crippen molar-refractivity contribution in [3.8, 4) is 0 Å². The molecular formula is C57H109NO5. The number of esters is 1. The lowest BCUT2D eigenvalue weighted by atomic mass is 10.0. The van der Waals surface area contributed by atoms with Crippen molar-refractivity contribution in [2.75, 3.05) is 13.2 Å². The Morgan fingerprint density at radius 2 is 0.794 bits per heavy atom. The van der Waals surface area contributed by atoms with Gasteiger partial charge in [0, 0.05) is 12.8 Å². The number of allylic oxidation sites excluding steroid dienone is 4. The van der Waals surface area contributed by atoms with Gasteiger partial charge in [0.15, 0.2) is 0 Å². The minimum atomic E-state index is -0.674. The van der Waals surface area contributed by atoms with E-state index in [1.54, 1.807) is 0 Å². The molecule has 6 nitrogen and oxygen atoms in total. The van der Waals surface area contributed by atoms with Crippen LogP contribution in [0.3, 0.4) is 0 Å². The highest BCUT2D eigenvalue weighted by atomic mass is 16.5. The van der Waals surface area contributed by atoms with Crippen molar-refractivity contribution in [3.05, 3.63) is 24.3 Å². The number of amides is 1. The van der Waals surface area contributed by atoms with Crippen LogP contribution in [0.15, 0.2) is 24.3 Å². The maximum Gasteiger partial charge on any atom is 0.305 e. The second kappa shape index (κ2) is 53.0. The van der Waals surface area contributed by atoms with Crippen LogP contribution in [0.2, 0.25) is 0 Å². The second-order valence-corrected chi connectivity index (χ2v) is 19.3. The van der Waals surface area contributed by atoms with E-state index in [0.717, 1.165) is 57.8 Å². The third-order valence-electron chi connectivity index (χ3n) is 13.0. The topological polar surface area (TPSA) is 95.9 Å². The lowest BCUT2D eigenvalue weighted by Gasteiger charge is -2.22. The molecule has 1 amide bonds. The van der Waals surface area contributed by atoms with Crippen LogP contribution in [0.1, 0.15) is 303 Å². The fraction of sp³-hybridized carbons (Fsp3) is 0.895. The summed E-state index contributed by atoms with van der Waals surface area (Å²) in [5, 5.41) is 23.3. The van der Waals surface area contributed by atoms with Crippen LogP contribution >= 0.6 is 0 Å². The molecule has 0 fully saturated rings. The average molecular weight is 889 g/mol. The SMILES string of the molecule is CCCCC/C=C\C/C=C\CCCCCCCC(=O)OCCCCCCCCCCCCCCCC(=O)NC(CO)C(O)CCCCCCCCCCCCCCCCCCCC. The summed E-state index contributed by atoms with van der Waals surface area (Å²) in [4.78, 5) is 24.5. The maximum absolute atomic E-state index is 12.5. The monoisotopic (exact) mass is 888 g/mol. The molecule has 0 spiro atoms. The number of unbranched alkanes of at least 4 members (excludes halogenated alkanes) is 37. The van der Waals surface area contributed by atoms with Crippen molar-refractivity contribution >= 4 is 11.9 Å². The summed E-state index contributed by atoms with van der Waals surface area (Å²) < 4.78 is 5.46. The summed E-state index contributed by atoms with van der Waals surface area (Å²) in [7, 11) is 0. The average Bonchev–Trinajstić information content (AvgIpc) is 3.28. The Bertz CT molecular complexity index is 982. The first-order chi connectivity index (χ1) is 31.0. The Balaban J connectivity index is 3.46. The fourth-order valence-electron chi connectivity index (χ4n) is 8.67. The van der Waals surface area contributed by atoms with Crippen LogP contribution in [0.25, 0.3) is 0 Å². The summed E-state index contributed by atoms with van der Waals surface area (Å²) in [6.07, 6.45) is 62.9. The molecular weight excluding hydrogens is 779 g/mol. The molecule has 0 aliphatic carbocycles. The lowest BCUT2D eigenvalue weighted by molar-refractivity contribution is -0.143. The zero-order valence-corrected chi connectivity index (χ0v) is 42.3. The van der Waals surface area contributed by atoms with Gasteiger partial charge in [0.05, 0.1) is 25.4 Å². The molecule has 63 heavy (non-hydrogen) atoms. The summed E-state index contributed by atoms with van der Waals surface area (Å²) >= 11 is 0. The molecule has 0 heterocycles. The van der Waals surface area contributed by atoms with E-state index in [1.165, 1.54) is 212 Å². The highest BCUT2D eigenvalue weighted by molar-refractivity contribution is 5.76. The highest BCUT2D eigenvalue weighted by Gasteiger charge is 2.20. The van der Waals surface area contributed by atoms with Crippen LogP contribution in [0, 0.1) is 0 Å². The van der Waals surface area contributed by atoms with E-state index in [9.17, 15) is 19.8 Å². The maximum atomic E-state index is 12.5. The Labute approximate surface area is 392 Å². The third kappa shape index (κ3) is 49.6. The predicted octanol–water partition coefficient (Wildman–Crippen LogP) is 17.1. The number of rotatable bonds is 52. The van der Waals surface area contributed by atoms with Gasteiger partial charge in [0.1, 0.15) is 0 Å². The van der Waals surface area contributed by atoms with E-state index in [-0.39, 0.29) is 18.5 Å². The smallest absolute Gasteiger partial charge is 0.305 e. The third-order valence-corrected chi connectivity index (χ3v) is 13.0. The Hall–Kier alpha value is -1.66. The predicted molar refractivity (Wildman–Crippen MR) is 273 cm³/mol. The molecule has 372 valence electrons. The molecule has 3 N–H and O–H groups in total. The number of hydrogen-bond donors (Lipinski definition) is 3. The normalized spacial score (nSPS) is 12.8. The molecule has 0 aromatic heterocycles. The first-order valence-corrected chi connectivity index (χ1v) is 28.1. The molecule has 2 atom stereocenters. The molecule has 0 radical (unpaired) electrons. The number of ether oxygens (including phenoxy) is 1. The molecule has 0 aromatic rings. The lowest BCUT2D eigenvalue weighted by Crippen LogP contribution is -2.45. The van der Waals surface area contributed by atoms with Crippen molar-refractivity contribution in [1.29, 1.82) is 0 Å². The van der Waals surface area contributed by atoms with Crippen molar-refractivity contribution in [2.24, 2.45) is 0 Å². The van der Waals surface area contributed by atoms with Crippen LogP contribution < -0.4 is 5.32 Å². The standard InChI is InChI=1S/C57H109NO5/c1-3-5-7-9-11-13-15-17-19-20-21-23-25-29-33-37-41-45-49-55(60)54(53-59)58-56(61)50-46-42-38-34-30-26-24-28-32-36-40-44-48-52-63-57(62)51-47-43-39-35-31-27-22-18-16-14-12-10-8-6-4-2/h12,14,18,22,54-55,59-60H,3-11,13,15-17,19-21,23-53H2,1-2H3,(H,58,61)/b14-12-,22-18-. The van der Waals surface area contributed by atoms with Crippen LogP contribution in [0.5, 0.6) is 0 Å². The minimum absolute atomic E-state index is 0.0189. The zero-order valence-electron chi connectivity index (χ0n) is 42.3. The van der Waals surface area contributed by atoms with Crippen LogP contribution in [0.4, 0.5) is 0 Å². The number of nitrogens with one attached hydrogen (secondary N) is 1. The number of carbonyl (C=O) groups excluding carboxylic acids is 2. The fourth-order valence-corrected chi connectivity index (χ4v) is 8.67. The summed E-state index contributed by atoms with van der Waals surface area (Å²) in [5.74, 6) is -0.0655. The van der Waals surface area contributed by atoms with Crippen LogP contribution in [-0.2, 0) is 14.3 Å².